The predicted molar refractivity (Wildman–Crippen MR) is 60.6 cm³/mol. The summed E-state index contributed by atoms with van der Waals surface area (Å²) in [4.78, 5) is 3.97. The van der Waals surface area contributed by atoms with Gasteiger partial charge in [-0.1, -0.05) is 17.3 Å². The molecule has 0 aliphatic rings. The Morgan fingerprint density at radius 3 is 3.00 bits per heavy atom. The van der Waals surface area contributed by atoms with Crippen molar-refractivity contribution in [2.45, 2.75) is 20.0 Å². The van der Waals surface area contributed by atoms with Gasteiger partial charge in [-0.05, 0) is 24.6 Å². The van der Waals surface area contributed by atoms with Crippen LogP contribution < -0.4 is 4.74 Å². The van der Waals surface area contributed by atoms with Gasteiger partial charge >= 0.3 is 0 Å². The van der Waals surface area contributed by atoms with Crippen molar-refractivity contribution in [3.63, 3.8) is 0 Å². The summed E-state index contributed by atoms with van der Waals surface area (Å²) >= 11 is 0. The highest BCUT2D eigenvalue weighted by Crippen LogP contribution is 2.12. The quantitative estimate of drug-likeness (QED) is 0.848. The van der Waals surface area contributed by atoms with E-state index in [0.717, 1.165) is 11.3 Å². The van der Waals surface area contributed by atoms with Crippen molar-refractivity contribution in [1.29, 1.82) is 0 Å². The molecule has 0 saturated carbocycles. The lowest BCUT2D eigenvalue weighted by molar-refractivity contribution is 0.261. The van der Waals surface area contributed by atoms with Gasteiger partial charge in [0, 0.05) is 0 Å². The van der Waals surface area contributed by atoms with E-state index in [2.05, 4.69) is 10.1 Å². The number of hydrogen-bond acceptors (Lipinski definition) is 5. The molecule has 2 rings (SSSR count). The highest BCUT2D eigenvalue weighted by atomic mass is 16.5. The van der Waals surface area contributed by atoms with Crippen molar-refractivity contribution in [3.05, 3.63) is 41.5 Å². The van der Waals surface area contributed by atoms with E-state index in [1.165, 1.54) is 0 Å². The number of rotatable bonds is 5. The first-order valence-corrected chi connectivity index (χ1v) is 5.40. The maximum atomic E-state index is 8.77. The number of ether oxygens (including phenoxy) is 1. The zero-order chi connectivity index (χ0) is 12.1. The molecule has 1 N–H and O–H groups in total. The van der Waals surface area contributed by atoms with E-state index >= 15 is 0 Å². The second-order valence-electron chi connectivity index (χ2n) is 3.68. The van der Waals surface area contributed by atoms with Crippen LogP contribution in [0.2, 0.25) is 0 Å². The van der Waals surface area contributed by atoms with Gasteiger partial charge in [-0.2, -0.15) is 4.98 Å². The molecule has 0 bridgehead atoms. The van der Waals surface area contributed by atoms with Gasteiger partial charge in [0.25, 0.3) is 0 Å². The van der Waals surface area contributed by atoms with Gasteiger partial charge in [0.2, 0.25) is 5.89 Å². The second kappa shape index (κ2) is 5.45. The first-order chi connectivity index (χ1) is 8.28. The number of aliphatic hydroxyl groups excluding tert-OH is 1. The predicted octanol–water partition coefficient (Wildman–Crippen LogP) is 1.49. The second-order valence-corrected chi connectivity index (χ2v) is 3.68. The first-order valence-electron chi connectivity index (χ1n) is 5.40. The van der Waals surface area contributed by atoms with E-state index < -0.39 is 0 Å². The van der Waals surface area contributed by atoms with E-state index in [9.17, 15) is 0 Å². The Balaban J connectivity index is 1.83. The van der Waals surface area contributed by atoms with Gasteiger partial charge in [0.05, 0.1) is 13.0 Å². The van der Waals surface area contributed by atoms with Gasteiger partial charge in [-0.3, -0.25) is 0 Å². The van der Waals surface area contributed by atoms with Crippen LogP contribution in [0.5, 0.6) is 5.75 Å². The maximum absolute atomic E-state index is 8.77. The highest BCUT2D eigenvalue weighted by molar-refractivity contribution is 5.27. The molecule has 0 saturated heterocycles. The van der Waals surface area contributed by atoms with Crippen LogP contribution in [-0.4, -0.2) is 21.9 Å². The summed E-state index contributed by atoms with van der Waals surface area (Å²) in [7, 11) is 0. The van der Waals surface area contributed by atoms with Crippen LogP contribution in [-0.2, 0) is 13.0 Å². The lowest BCUT2D eigenvalue weighted by atomic mass is 10.2. The lowest BCUT2D eigenvalue weighted by Crippen LogP contribution is -2.01. The van der Waals surface area contributed by atoms with Crippen molar-refractivity contribution in [2.24, 2.45) is 0 Å². The SMILES string of the molecule is Cc1cccc(OCCc2nc(CO)no2)c1. The average molecular weight is 234 g/mol. The zero-order valence-corrected chi connectivity index (χ0v) is 9.59. The molecule has 0 fully saturated rings. The Morgan fingerprint density at radius 2 is 2.29 bits per heavy atom. The van der Waals surface area contributed by atoms with Crippen molar-refractivity contribution in [2.75, 3.05) is 6.61 Å². The molecular formula is C12H14N2O3. The molecular weight excluding hydrogens is 220 g/mol. The molecule has 0 amide bonds. The van der Waals surface area contributed by atoms with Crippen molar-refractivity contribution in [3.8, 4) is 5.75 Å². The van der Waals surface area contributed by atoms with Gasteiger partial charge in [0.15, 0.2) is 5.82 Å². The topological polar surface area (TPSA) is 68.4 Å². The Kier molecular flexibility index (Phi) is 3.72. The normalized spacial score (nSPS) is 10.5. The van der Waals surface area contributed by atoms with Gasteiger partial charge < -0.3 is 14.4 Å². The largest absolute Gasteiger partial charge is 0.493 e. The first kappa shape index (κ1) is 11.6. The van der Waals surface area contributed by atoms with E-state index in [0.29, 0.717) is 24.7 Å². The molecule has 5 heteroatoms. The molecule has 2 aromatic rings. The van der Waals surface area contributed by atoms with Crippen molar-refractivity contribution < 1.29 is 14.4 Å². The van der Waals surface area contributed by atoms with Crippen LogP contribution >= 0.6 is 0 Å². The van der Waals surface area contributed by atoms with Crippen LogP contribution in [0.4, 0.5) is 0 Å². The highest BCUT2D eigenvalue weighted by Gasteiger charge is 2.05. The summed E-state index contributed by atoms with van der Waals surface area (Å²) in [5.41, 5.74) is 1.16. The summed E-state index contributed by atoms with van der Waals surface area (Å²) in [6, 6.07) is 7.83. The third-order valence-corrected chi connectivity index (χ3v) is 2.23. The molecule has 17 heavy (non-hydrogen) atoms. The molecule has 1 aromatic carbocycles. The molecule has 90 valence electrons. The number of hydrogen-bond donors (Lipinski definition) is 1. The average Bonchev–Trinajstić information content (AvgIpc) is 2.77. The maximum Gasteiger partial charge on any atom is 0.230 e. The molecule has 0 radical (unpaired) electrons. The van der Waals surface area contributed by atoms with Gasteiger partial charge in [-0.25, -0.2) is 0 Å². The Hall–Kier alpha value is -1.88. The molecule has 0 aliphatic heterocycles. The third kappa shape index (κ3) is 3.29. The Labute approximate surface area is 99.0 Å². The molecule has 1 heterocycles. The summed E-state index contributed by atoms with van der Waals surface area (Å²) < 4.78 is 10.5. The van der Waals surface area contributed by atoms with Crippen molar-refractivity contribution >= 4 is 0 Å². The van der Waals surface area contributed by atoms with Crippen molar-refractivity contribution in [1.82, 2.24) is 10.1 Å². The summed E-state index contributed by atoms with van der Waals surface area (Å²) in [5, 5.41) is 12.4. The lowest BCUT2D eigenvalue weighted by Gasteiger charge is -2.04. The molecule has 5 nitrogen and oxygen atoms in total. The summed E-state index contributed by atoms with van der Waals surface area (Å²) in [6.07, 6.45) is 0.529. The fraction of sp³-hybridized carbons (Fsp3) is 0.333. The molecule has 0 aliphatic carbocycles. The standard InChI is InChI=1S/C12H14N2O3/c1-9-3-2-4-10(7-9)16-6-5-12-13-11(8-15)14-17-12/h2-4,7,15H,5-6,8H2,1H3. The number of aryl methyl sites for hydroxylation is 1. The zero-order valence-electron chi connectivity index (χ0n) is 9.59. The van der Waals surface area contributed by atoms with Crippen LogP contribution in [0.1, 0.15) is 17.3 Å². The minimum Gasteiger partial charge on any atom is -0.493 e. The summed E-state index contributed by atoms with van der Waals surface area (Å²) in [6.45, 7) is 2.27. The van der Waals surface area contributed by atoms with Crippen LogP contribution in [0.3, 0.4) is 0 Å². The Morgan fingerprint density at radius 1 is 1.41 bits per heavy atom. The van der Waals surface area contributed by atoms with Crippen LogP contribution in [0, 0.1) is 6.92 Å². The number of aromatic nitrogens is 2. The molecule has 0 spiro atoms. The molecule has 0 unspecified atom stereocenters. The summed E-state index contributed by atoms with van der Waals surface area (Å²) in [5.74, 6) is 1.60. The minimum absolute atomic E-state index is 0.206. The Bertz CT molecular complexity index is 482. The monoisotopic (exact) mass is 234 g/mol. The number of benzene rings is 1. The fourth-order valence-electron chi connectivity index (χ4n) is 1.42. The minimum atomic E-state index is -0.206. The van der Waals surface area contributed by atoms with Crippen LogP contribution in [0.25, 0.3) is 0 Å². The van der Waals surface area contributed by atoms with Crippen LogP contribution in [0.15, 0.2) is 28.8 Å². The smallest absolute Gasteiger partial charge is 0.230 e. The number of nitrogens with zero attached hydrogens (tertiary/aromatic N) is 2. The molecule has 1 aromatic heterocycles. The third-order valence-electron chi connectivity index (χ3n) is 2.23. The fourth-order valence-corrected chi connectivity index (χ4v) is 1.42. The van der Waals surface area contributed by atoms with E-state index in [1.54, 1.807) is 0 Å². The van der Waals surface area contributed by atoms with Gasteiger partial charge in [0.1, 0.15) is 12.4 Å². The van der Waals surface area contributed by atoms with Gasteiger partial charge in [-0.15, -0.1) is 0 Å². The van der Waals surface area contributed by atoms with E-state index in [4.69, 9.17) is 14.4 Å². The number of aliphatic hydroxyl groups is 1. The van der Waals surface area contributed by atoms with E-state index in [-0.39, 0.29) is 6.61 Å². The molecule has 0 atom stereocenters. The van der Waals surface area contributed by atoms with E-state index in [1.807, 2.05) is 31.2 Å².